The maximum Gasteiger partial charge on any atom is 0.271 e. The minimum atomic E-state index is -0.276. The molecular formula is C15H17N3O3. The van der Waals surface area contributed by atoms with Crippen molar-refractivity contribution < 1.29 is 14.1 Å². The second kappa shape index (κ2) is 5.55. The van der Waals surface area contributed by atoms with Gasteiger partial charge in [-0.25, -0.2) is 0 Å². The van der Waals surface area contributed by atoms with Crippen LogP contribution in [0.25, 0.3) is 11.4 Å². The average molecular weight is 287 g/mol. The van der Waals surface area contributed by atoms with Crippen LogP contribution in [0.2, 0.25) is 0 Å². The van der Waals surface area contributed by atoms with Crippen molar-refractivity contribution in [2.24, 2.45) is 11.1 Å². The Morgan fingerprint density at radius 2 is 2.00 bits per heavy atom. The highest BCUT2D eigenvalue weighted by Gasteiger charge is 2.29. The fourth-order valence-corrected chi connectivity index (χ4v) is 2.09. The third kappa shape index (κ3) is 2.74. The zero-order valence-corrected chi connectivity index (χ0v) is 12.2. The number of hydrogen-bond donors (Lipinski definition) is 0. The third-order valence-electron chi connectivity index (χ3n) is 3.42. The Morgan fingerprint density at radius 3 is 2.62 bits per heavy atom. The van der Waals surface area contributed by atoms with E-state index in [9.17, 15) is 0 Å². The van der Waals surface area contributed by atoms with Gasteiger partial charge in [0.05, 0.1) is 12.8 Å². The molecule has 0 radical (unpaired) electrons. The fraction of sp³-hybridized carbons (Fsp3) is 0.400. The second-order valence-electron chi connectivity index (χ2n) is 5.22. The fourth-order valence-electron chi connectivity index (χ4n) is 2.09. The van der Waals surface area contributed by atoms with E-state index in [-0.39, 0.29) is 6.10 Å². The number of rotatable bonds is 4. The molecule has 6 heteroatoms. The van der Waals surface area contributed by atoms with Gasteiger partial charge in [-0.3, -0.25) is 0 Å². The van der Waals surface area contributed by atoms with Crippen LogP contribution in [0.1, 0.15) is 32.3 Å². The lowest BCUT2D eigenvalue weighted by atomic mass is 10.0. The van der Waals surface area contributed by atoms with Gasteiger partial charge in [0.1, 0.15) is 5.75 Å². The van der Waals surface area contributed by atoms with Crippen LogP contribution in [-0.4, -0.2) is 23.0 Å². The molecule has 1 aromatic heterocycles. The van der Waals surface area contributed by atoms with Crippen molar-refractivity contribution in [1.29, 1.82) is 0 Å². The molecule has 0 unspecified atom stereocenters. The first kappa shape index (κ1) is 13.6. The van der Waals surface area contributed by atoms with Crippen molar-refractivity contribution >= 4 is 5.71 Å². The number of oxime groups is 1. The molecule has 2 aromatic rings. The Balaban J connectivity index is 1.75. The number of methoxy groups -OCH3 is 1. The summed E-state index contributed by atoms with van der Waals surface area (Å²) in [6.45, 7) is 4.17. The SMILES string of the molecule is COc1ccc(-c2noc([C@H]3CC(C(C)C)=NO3)n2)cc1. The molecule has 3 rings (SSSR count). The van der Waals surface area contributed by atoms with E-state index in [1.54, 1.807) is 7.11 Å². The van der Waals surface area contributed by atoms with Crippen molar-refractivity contribution in [2.45, 2.75) is 26.4 Å². The van der Waals surface area contributed by atoms with Crippen LogP contribution >= 0.6 is 0 Å². The Labute approximate surface area is 122 Å². The van der Waals surface area contributed by atoms with Crippen LogP contribution in [0.4, 0.5) is 0 Å². The average Bonchev–Trinajstić information content (AvgIpc) is 3.16. The first-order chi connectivity index (χ1) is 10.2. The summed E-state index contributed by atoms with van der Waals surface area (Å²) in [6.07, 6.45) is 0.420. The molecule has 0 saturated heterocycles. The van der Waals surface area contributed by atoms with Gasteiger partial charge in [0.25, 0.3) is 5.89 Å². The Kier molecular flexibility index (Phi) is 3.60. The van der Waals surface area contributed by atoms with Crippen molar-refractivity contribution in [3.63, 3.8) is 0 Å². The Hall–Kier alpha value is -2.37. The number of ether oxygens (including phenoxy) is 1. The zero-order valence-electron chi connectivity index (χ0n) is 12.2. The van der Waals surface area contributed by atoms with E-state index < -0.39 is 0 Å². The minimum absolute atomic E-state index is 0.276. The van der Waals surface area contributed by atoms with Crippen LogP contribution in [-0.2, 0) is 4.84 Å². The molecule has 110 valence electrons. The van der Waals surface area contributed by atoms with Crippen LogP contribution in [0.5, 0.6) is 5.75 Å². The van der Waals surface area contributed by atoms with E-state index in [1.165, 1.54) is 0 Å². The number of hydrogen-bond acceptors (Lipinski definition) is 6. The van der Waals surface area contributed by atoms with Gasteiger partial charge < -0.3 is 14.1 Å². The molecule has 0 amide bonds. The molecule has 6 nitrogen and oxygen atoms in total. The van der Waals surface area contributed by atoms with E-state index in [1.807, 2.05) is 24.3 Å². The van der Waals surface area contributed by atoms with Crippen LogP contribution in [0.3, 0.4) is 0 Å². The first-order valence-electron chi connectivity index (χ1n) is 6.88. The number of benzene rings is 1. The standard InChI is InChI=1S/C15H17N3O3/c1-9(2)12-8-13(20-17-12)15-16-14(18-21-15)10-4-6-11(19-3)7-5-10/h4-7,9,13H,8H2,1-3H3/t13-/m1/s1. The van der Waals surface area contributed by atoms with E-state index in [4.69, 9.17) is 14.1 Å². The van der Waals surface area contributed by atoms with Crippen LogP contribution < -0.4 is 4.74 Å². The lowest BCUT2D eigenvalue weighted by Gasteiger charge is -2.02. The molecule has 0 spiro atoms. The Bertz CT molecular complexity index is 646. The predicted molar refractivity (Wildman–Crippen MR) is 77.0 cm³/mol. The third-order valence-corrected chi connectivity index (χ3v) is 3.42. The molecule has 2 heterocycles. The molecule has 1 aliphatic heterocycles. The number of aromatic nitrogens is 2. The van der Waals surface area contributed by atoms with Gasteiger partial charge in [-0.2, -0.15) is 4.98 Å². The summed E-state index contributed by atoms with van der Waals surface area (Å²) in [5, 5.41) is 8.07. The molecule has 0 bridgehead atoms. The van der Waals surface area contributed by atoms with Crippen molar-refractivity contribution in [1.82, 2.24) is 10.1 Å². The van der Waals surface area contributed by atoms with Gasteiger partial charge in [-0.05, 0) is 30.2 Å². The highest BCUT2D eigenvalue weighted by atomic mass is 16.7. The first-order valence-corrected chi connectivity index (χ1v) is 6.88. The molecule has 1 aromatic carbocycles. The topological polar surface area (TPSA) is 69.7 Å². The van der Waals surface area contributed by atoms with Gasteiger partial charge in [0.15, 0.2) is 0 Å². The van der Waals surface area contributed by atoms with Crippen molar-refractivity contribution in [3.05, 3.63) is 30.2 Å². The summed E-state index contributed by atoms with van der Waals surface area (Å²) in [5.41, 5.74) is 1.89. The van der Waals surface area contributed by atoms with E-state index in [0.717, 1.165) is 17.0 Å². The van der Waals surface area contributed by atoms with Crippen molar-refractivity contribution in [3.8, 4) is 17.1 Å². The lowest BCUT2D eigenvalue weighted by Crippen LogP contribution is -2.06. The molecule has 1 atom stereocenters. The maximum atomic E-state index is 5.37. The summed E-state index contributed by atoms with van der Waals surface area (Å²) in [6, 6.07) is 7.49. The summed E-state index contributed by atoms with van der Waals surface area (Å²) >= 11 is 0. The highest BCUT2D eigenvalue weighted by molar-refractivity contribution is 5.87. The zero-order chi connectivity index (χ0) is 14.8. The predicted octanol–water partition coefficient (Wildman–Crippen LogP) is 3.22. The minimum Gasteiger partial charge on any atom is -0.497 e. The van der Waals surface area contributed by atoms with Gasteiger partial charge >= 0.3 is 0 Å². The van der Waals surface area contributed by atoms with Crippen molar-refractivity contribution in [2.75, 3.05) is 7.11 Å². The molecule has 0 fully saturated rings. The summed E-state index contributed by atoms with van der Waals surface area (Å²) in [4.78, 5) is 9.77. The molecule has 1 aliphatic rings. The molecule has 0 saturated carbocycles. The molecule has 0 N–H and O–H groups in total. The monoisotopic (exact) mass is 287 g/mol. The quantitative estimate of drug-likeness (QED) is 0.863. The lowest BCUT2D eigenvalue weighted by molar-refractivity contribution is 0.0599. The van der Waals surface area contributed by atoms with E-state index >= 15 is 0 Å². The molecule has 0 aliphatic carbocycles. The second-order valence-corrected chi connectivity index (χ2v) is 5.22. The Morgan fingerprint density at radius 1 is 1.24 bits per heavy atom. The van der Waals surface area contributed by atoms with Gasteiger partial charge in [-0.1, -0.05) is 24.2 Å². The summed E-state index contributed by atoms with van der Waals surface area (Å²) in [7, 11) is 1.63. The smallest absolute Gasteiger partial charge is 0.271 e. The normalized spacial score (nSPS) is 17.7. The highest BCUT2D eigenvalue weighted by Crippen LogP contribution is 2.30. The van der Waals surface area contributed by atoms with E-state index in [0.29, 0.717) is 24.1 Å². The molecular weight excluding hydrogens is 270 g/mol. The molecule has 21 heavy (non-hydrogen) atoms. The summed E-state index contributed by atoms with van der Waals surface area (Å²) in [5.74, 6) is 2.14. The van der Waals surface area contributed by atoms with Gasteiger partial charge in [-0.15, -0.1) is 0 Å². The maximum absolute atomic E-state index is 5.37. The number of nitrogens with zero attached hydrogens (tertiary/aromatic N) is 3. The van der Waals surface area contributed by atoms with Crippen LogP contribution in [0.15, 0.2) is 33.9 Å². The van der Waals surface area contributed by atoms with E-state index in [2.05, 4.69) is 29.1 Å². The van der Waals surface area contributed by atoms with Crippen LogP contribution in [0, 0.1) is 5.92 Å². The van der Waals surface area contributed by atoms with Gasteiger partial charge in [0.2, 0.25) is 11.9 Å². The largest absolute Gasteiger partial charge is 0.497 e. The summed E-state index contributed by atoms with van der Waals surface area (Å²) < 4.78 is 10.4. The van der Waals surface area contributed by atoms with Gasteiger partial charge in [0, 0.05) is 12.0 Å².